The summed E-state index contributed by atoms with van der Waals surface area (Å²) in [6, 6.07) is 19.3. The second-order valence-corrected chi connectivity index (χ2v) is 4.26. The summed E-state index contributed by atoms with van der Waals surface area (Å²) in [6.07, 6.45) is 0.0569. The van der Waals surface area contributed by atoms with E-state index >= 15 is 0 Å². The number of rotatable bonds is 4. The van der Waals surface area contributed by atoms with Crippen molar-refractivity contribution in [1.29, 1.82) is 5.26 Å². The van der Waals surface area contributed by atoms with Crippen LogP contribution in [0.5, 0.6) is 0 Å². The maximum atomic E-state index is 11.4. The molecule has 0 spiro atoms. The van der Waals surface area contributed by atoms with Gasteiger partial charge in [0.2, 0.25) is 0 Å². The summed E-state index contributed by atoms with van der Waals surface area (Å²) >= 11 is 0. The lowest BCUT2D eigenvalue weighted by molar-refractivity contribution is -0.560. The van der Waals surface area contributed by atoms with E-state index in [-0.39, 0.29) is 6.42 Å². The van der Waals surface area contributed by atoms with Crippen molar-refractivity contribution in [2.45, 2.75) is 12.0 Å². The summed E-state index contributed by atoms with van der Waals surface area (Å²) in [5.41, 5.74) is -0.557. The lowest BCUT2D eigenvalue weighted by atomic mass is 9.86. The average Bonchev–Trinajstić information content (AvgIpc) is 2.46. The summed E-state index contributed by atoms with van der Waals surface area (Å²) in [7, 11) is 0. The van der Waals surface area contributed by atoms with Gasteiger partial charge in [0.15, 0.2) is 6.07 Å². The van der Waals surface area contributed by atoms with E-state index < -0.39 is 10.5 Å². The third-order valence-electron chi connectivity index (χ3n) is 3.05. The van der Waals surface area contributed by atoms with Crippen LogP contribution in [0.1, 0.15) is 11.1 Å². The molecule has 94 valence electrons. The fourth-order valence-corrected chi connectivity index (χ4v) is 2.02. The van der Waals surface area contributed by atoms with Gasteiger partial charge in [-0.05, 0) is 5.56 Å². The van der Waals surface area contributed by atoms with Gasteiger partial charge >= 0.3 is 5.54 Å². The molecule has 0 saturated heterocycles. The van der Waals surface area contributed by atoms with E-state index in [1.165, 1.54) is 0 Å². The summed E-state index contributed by atoms with van der Waals surface area (Å²) in [6.45, 7) is 0. The number of hydrogen-bond donors (Lipinski definition) is 0. The third-order valence-corrected chi connectivity index (χ3v) is 3.05. The van der Waals surface area contributed by atoms with Gasteiger partial charge in [-0.1, -0.05) is 60.7 Å². The molecule has 2 aromatic carbocycles. The normalized spacial score (nSPS) is 13.2. The maximum absolute atomic E-state index is 11.4. The molecule has 4 heteroatoms. The molecule has 0 aliphatic heterocycles. The first-order valence-corrected chi connectivity index (χ1v) is 5.84. The van der Waals surface area contributed by atoms with Crippen LogP contribution in [0.15, 0.2) is 60.7 Å². The zero-order chi connectivity index (χ0) is 13.7. The van der Waals surface area contributed by atoms with E-state index in [1.807, 2.05) is 24.3 Å². The lowest BCUT2D eigenvalue weighted by Gasteiger charge is -2.18. The van der Waals surface area contributed by atoms with E-state index in [4.69, 9.17) is 0 Å². The molecule has 0 fully saturated rings. The van der Waals surface area contributed by atoms with Crippen LogP contribution in [0.3, 0.4) is 0 Å². The van der Waals surface area contributed by atoms with Crippen molar-refractivity contribution in [2.24, 2.45) is 0 Å². The molecule has 19 heavy (non-hydrogen) atoms. The largest absolute Gasteiger partial charge is 0.334 e. The van der Waals surface area contributed by atoms with E-state index in [2.05, 4.69) is 0 Å². The van der Waals surface area contributed by atoms with Crippen molar-refractivity contribution in [3.05, 3.63) is 81.9 Å². The first-order chi connectivity index (χ1) is 9.19. The second-order valence-electron chi connectivity index (χ2n) is 4.26. The molecule has 0 aliphatic carbocycles. The van der Waals surface area contributed by atoms with Crippen LogP contribution >= 0.6 is 0 Å². The second kappa shape index (κ2) is 5.32. The molecule has 2 aromatic rings. The molecule has 0 radical (unpaired) electrons. The van der Waals surface area contributed by atoms with Crippen LogP contribution in [-0.4, -0.2) is 4.92 Å². The van der Waals surface area contributed by atoms with Crippen LogP contribution in [0, 0.1) is 21.4 Å². The van der Waals surface area contributed by atoms with Crippen LogP contribution in [-0.2, 0) is 12.0 Å². The van der Waals surface area contributed by atoms with Gasteiger partial charge in [-0.15, -0.1) is 0 Å². The van der Waals surface area contributed by atoms with Gasteiger partial charge in [-0.2, -0.15) is 5.26 Å². The van der Waals surface area contributed by atoms with Crippen LogP contribution in [0.2, 0.25) is 0 Å². The Balaban J connectivity index is 2.48. The Hall–Kier alpha value is -2.67. The minimum Gasteiger partial charge on any atom is -0.262 e. The number of nitrogens with zero attached hydrogens (tertiary/aromatic N) is 2. The highest BCUT2D eigenvalue weighted by molar-refractivity contribution is 5.32. The Morgan fingerprint density at radius 1 is 1.05 bits per heavy atom. The van der Waals surface area contributed by atoms with Crippen LogP contribution in [0.25, 0.3) is 0 Å². The quantitative estimate of drug-likeness (QED) is 0.620. The summed E-state index contributed by atoms with van der Waals surface area (Å²) in [4.78, 5) is 10.9. The van der Waals surface area contributed by atoms with E-state index in [9.17, 15) is 15.4 Å². The fourth-order valence-electron chi connectivity index (χ4n) is 2.02. The van der Waals surface area contributed by atoms with Crippen molar-refractivity contribution in [1.82, 2.24) is 0 Å². The Morgan fingerprint density at radius 2 is 1.58 bits per heavy atom. The van der Waals surface area contributed by atoms with Crippen LogP contribution in [0.4, 0.5) is 0 Å². The van der Waals surface area contributed by atoms with Gasteiger partial charge in [0.1, 0.15) is 0 Å². The summed E-state index contributed by atoms with van der Waals surface area (Å²) < 4.78 is 0. The average molecular weight is 252 g/mol. The molecule has 0 saturated carbocycles. The predicted octanol–water partition coefficient (Wildman–Crippen LogP) is 2.92. The molecule has 0 aromatic heterocycles. The van der Waals surface area contributed by atoms with Crippen molar-refractivity contribution in [2.75, 3.05) is 0 Å². The molecule has 0 aliphatic rings. The zero-order valence-corrected chi connectivity index (χ0v) is 10.2. The molecule has 0 heterocycles. The van der Waals surface area contributed by atoms with Gasteiger partial charge in [0, 0.05) is 10.5 Å². The fraction of sp³-hybridized carbons (Fsp3) is 0.133. The summed E-state index contributed by atoms with van der Waals surface area (Å²) in [5.74, 6) is 0. The van der Waals surface area contributed by atoms with Crippen molar-refractivity contribution >= 4 is 0 Å². The van der Waals surface area contributed by atoms with E-state index in [0.717, 1.165) is 5.56 Å². The van der Waals surface area contributed by atoms with Crippen molar-refractivity contribution in [3.63, 3.8) is 0 Å². The Labute approximate surface area is 111 Å². The molecule has 0 bridgehead atoms. The number of nitro groups is 1. The van der Waals surface area contributed by atoms with Crippen molar-refractivity contribution < 1.29 is 4.92 Å². The van der Waals surface area contributed by atoms with Gasteiger partial charge < -0.3 is 0 Å². The Morgan fingerprint density at radius 3 is 2.05 bits per heavy atom. The molecule has 4 nitrogen and oxygen atoms in total. The number of hydrogen-bond acceptors (Lipinski definition) is 3. The minimum atomic E-state index is -1.73. The Bertz CT molecular complexity index is 605. The van der Waals surface area contributed by atoms with Gasteiger partial charge in [0.05, 0.1) is 6.42 Å². The molecule has 1 atom stereocenters. The van der Waals surface area contributed by atoms with Gasteiger partial charge in [-0.25, -0.2) is 0 Å². The first kappa shape index (κ1) is 12.8. The smallest absolute Gasteiger partial charge is 0.262 e. The third kappa shape index (κ3) is 2.45. The number of benzene rings is 2. The Kier molecular flexibility index (Phi) is 3.58. The van der Waals surface area contributed by atoms with Crippen molar-refractivity contribution in [3.8, 4) is 6.07 Å². The molecule has 0 N–H and O–H groups in total. The molecule has 2 rings (SSSR count). The highest BCUT2D eigenvalue weighted by Gasteiger charge is 2.45. The zero-order valence-electron chi connectivity index (χ0n) is 10.2. The highest BCUT2D eigenvalue weighted by atomic mass is 16.6. The highest BCUT2D eigenvalue weighted by Crippen LogP contribution is 2.28. The predicted molar refractivity (Wildman–Crippen MR) is 70.9 cm³/mol. The van der Waals surface area contributed by atoms with E-state index in [0.29, 0.717) is 5.56 Å². The molecule has 0 amide bonds. The molecular weight excluding hydrogens is 240 g/mol. The van der Waals surface area contributed by atoms with E-state index in [1.54, 1.807) is 42.5 Å². The number of nitriles is 1. The summed E-state index contributed by atoms with van der Waals surface area (Å²) in [5, 5.41) is 20.8. The van der Waals surface area contributed by atoms with Crippen LogP contribution < -0.4 is 0 Å². The van der Waals surface area contributed by atoms with Gasteiger partial charge in [0.25, 0.3) is 0 Å². The molecular formula is C15H12N2O2. The SMILES string of the molecule is N#CC(Cc1ccccc1)(c1ccccc1)[N+](=O)[O-]. The monoisotopic (exact) mass is 252 g/mol. The standard InChI is InChI=1S/C15H12N2O2/c16-12-15(17(18)19,14-9-5-2-6-10-14)11-13-7-3-1-4-8-13/h1-10H,11H2. The molecule has 1 unspecified atom stereocenters. The topological polar surface area (TPSA) is 66.9 Å². The first-order valence-electron chi connectivity index (χ1n) is 5.84. The van der Waals surface area contributed by atoms with Gasteiger partial charge in [-0.3, -0.25) is 10.1 Å². The maximum Gasteiger partial charge on any atom is 0.334 e. The minimum absolute atomic E-state index is 0.0569. The lowest BCUT2D eigenvalue weighted by Crippen LogP contribution is -2.36.